The molecule has 1 aromatic carbocycles. The first-order valence-electron chi connectivity index (χ1n) is 7.27. The number of benzene rings is 1. The van der Waals surface area contributed by atoms with E-state index in [9.17, 15) is 14.9 Å². The van der Waals surface area contributed by atoms with Crippen LogP contribution in [-0.2, 0) is 4.79 Å². The van der Waals surface area contributed by atoms with E-state index in [4.69, 9.17) is 5.73 Å². The van der Waals surface area contributed by atoms with Gasteiger partial charge in [0.25, 0.3) is 5.69 Å². The van der Waals surface area contributed by atoms with Gasteiger partial charge in [-0.05, 0) is 38.2 Å². The van der Waals surface area contributed by atoms with Crippen molar-refractivity contribution in [2.75, 3.05) is 0 Å². The normalized spacial score (nSPS) is 23.5. The number of nitrogens with zero attached hydrogens (tertiary/aromatic N) is 1. The van der Waals surface area contributed by atoms with E-state index in [0.717, 1.165) is 31.2 Å². The molecule has 6 heteroatoms. The van der Waals surface area contributed by atoms with Gasteiger partial charge in [0, 0.05) is 30.1 Å². The molecule has 0 spiro atoms. The summed E-state index contributed by atoms with van der Waals surface area (Å²) in [5.74, 6) is -0.186. The lowest BCUT2D eigenvalue weighted by atomic mass is 9.85. The minimum atomic E-state index is -0.396. The second-order valence-corrected chi connectivity index (χ2v) is 5.69. The van der Waals surface area contributed by atoms with Crippen LogP contribution in [0, 0.1) is 16.0 Å². The summed E-state index contributed by atoms with van der Waals surface area (Å²) in [5.41, 5.74) is 6.46. The largest absolute Gasteiger partial charge is 0.369 e. The fourth-order valence-corrected chi connectivity index (χ4v) is 2.88. The van der Waals surface area contributed by atoms with Gasteiger partial charge in [-0.3, -0.25) is 14.9 Å². The highest BCUT2D eigenvalue weighted by molar-refractivity contribution is 5.76. The van der Waals surface area contributed by atoms with E-state index in [-0.39, 0.29) is 23.6 Å². The number of nitrogens with one attached hydrogen (secondary N) is 1. The molecule has 114 valence electrons. The molecule has 0 heterocycles. The standard InChI is InChI=1S/C15H21N3O3/c1-10(11-4-8-14(9-5-11)18(20)21)17-13-6-2-12(3-7-13)15(16)19/h4-5,8-10,12-13,17H,2-3,6-7H2,1H3,(H2,16,19). The van der Waals surface area contributed by atoms with Crippen LogP contribution in [0.15, 0.2) is 24.3 Å². The van der Waals surface area contributed by atoms with Gasteiger partial charge in [-0.1, -0.05) is 12.1 Å². The number of hydrogen-bond donors (Lipinski definition) is 2. The van der Waals surface area contributed by atoms with Crippen LogP contribution in [0.3, 0.4) is 0 Å². The summed E-state index contributed by atoms with van der Waals surface area (Å²) in [5, 5.41) is 14.2. The first-order valence-corrected chi connectivity index (χ1v) is 7.27. The first-order chi connectivity index (χ1) is 9.97. The zero-order valence-electron chi connectivity index (χ0n) is 12.1. The third-order valence-electron chi connectivity index (χ3n) is 4.22. The number of nitrogens with two attached hydrogens (primary N) is 1. The smallest absolute Gasteiger partial charge is 0.269 e. The number of hydrogen-bond acceptors (Lipinski definition) is 4. The van der Waals surface area contributed by atoms with Crippen molar-refractivity contribution < 1.29 is 9.72 Å². The lowest BCUT2D eigenvalue weighted by Crippen LogP contribution is -2.37. The summed E-state index contributed by atoms with van der Waals surface area (Å²) in [6, 6.07) is 7.11. The van der Waals surface area contributed by atoms with Crippen LogP contribution < -0.4 is 11.1 Å². The molecule has 1 atom stereocenters. The van der Waals surface area contributed by atoms with E-state index in [1.807, 2.05) is 6.92 Å². The molecule has 1 aliphatic carbocycles. The first kappa shape index (κ1) is 15.4. The van der Waals surface area contributed by atoms with Crippen molar-refractivity contribution in [3.63, 3.8) is 0 Å². The zero-order chi connectivity index (χ0) is 15.4. The van der Waals surface area contributed by atoms with Crippen LogP contribution in [0.5, 0.6) is 0 Å². The Morgan fingerprint density at radius 3 is 2.33 bits per heavy atom. The topological polar surface area (TPSA) is 98.3 Å². The lowest BCUT2D eigenvalue weighted by molar-refractivity contribution is -0.384. The molecule has 0 aliphatic heterocycles. The van der Waals surface area contributed by atoms with Crippen molar-refractivity contribution >= 4 is 11.6 Å². The average molecular weight is 291 g/mol. The highest BCUT2D eigenvalue weighted by Gasteiger charge is 2.25. The summed E-state index contributed by atoms with van der Waals surface area (Å²) in [6.45, 7) is 2.04. The fourth-order valence-electron chi connectivity index (χ4n) is 2.88. The summed E-state index contributed by atoms with van der Waals surface area (Å²) < 4.78 is 0. The maximum atomic E-state index is 11.1. The molecular formula is C15H21N3O3. The van der Waals surface area contributed by atoms with Crippen molar-refractivity contribution in [2.24, 2.45) is 11.7 Å². The number of nitro groups is 1. The van der Waals surface area contributed by atoms with Crippen LogP contribution in [0.25, 0.3) is 0 Å². The van der Waals surface area contributed by atoms with Gasteiger partial charge in [-0.2, -0.15) is 0 Å². The van der Waals surface area contributed by atoms with Crippen LogP contribution in [0.1, 0.15) is 44.2 Å². The molecule has 1 aliphatic rings. The number of amides is 1. The Kier molecular flexibility index (Phi) is 4.90. The molecule has 6 nitrogen and oxygen atoms in total. The molecule has 1 unspecified atom stereocenters. The molecule has 1 fully saturated rings. The summed E-state index contributed by atoms with van der Waals surface area (Å²) in [7, 11) is 0. The average Bonchev–Trinajstić information content (AvgIpc) is 2.47. The van der Waals surface area contributed by atoms with E-state index >= 15 is 0 Å². The number of non-ortho nitro benzene ring substituents is 1. The second-order valence-electron chi connectivity index (χ2n) is 5.69. The molecule has 0 aromatic heterocycles. The summed E-state index contributed by atoms with van der Waals surface area (Å²) in [6.07, 6.45) is 3.54. The minimum absolute atomic E-state index is 0.0118. The molecular weight excluding hydrogens is 270 g/mol. The minimum Gasteiger partial charge on any atom is -0.369 e. The highest BCUT2D eigenvalue weighted by atomic mass is 16.6. The molecule has 3 N–H and O–H groups in total. The number of carbonyl (C=O) groups is 1. The quantitative estimate of drug-likeness (QED) is 0.642. The van der Waals surface area contributed by atoms with E-state index in [1.54, 1.807) is 12.1 Å². The summed E-state index contributed by atoms with van der Waals surface area (Å²) in [4.78, 5) is 21.4. The van der Waals surface area contributed by atoms with Gasteiger partial charge in [0.2, 0.25) is 5.91 Å². The molecule has 1 amide bonds. The van der Waals surface area contributed by atoms with Gasteiger partial charge in [-0.25, -0.2) is 0 Å². The molecule has 0 bridgehead atoms. The Bertz CT molecular complexity index is 507. The van der Waals surface area contributed by atoms with Crippen molar-refractivity contribution in [3.05, 3.63) is 39.9 Å². The molecule has 21 heavy (non-hydrogen) atoms. The number of primary amides is 1. The third-order valence-corrected chi connectivity index (χ3v) is 4.22. The molecule has 2 rings (SSSR count). The van der Waals surface area contributed by atoms with Crippen molar-refractivity contribution in [1.29, 1.82) is 0 Å². The van der Waals surface area contributed by atoms with Crippen molar-refractivity contribution in [2.45, 2.75) is 44.7 Å². The Morgan fingerprint density at radius 2 is 1.86 bits per heavy atom. The van der Waals surface area contributed by atoms with E-state index in [0.29, 0.717) is 6.04 Å². The Hall–Kier alpha value is -1.95. The van der Waals surface area contributed by atoms with Crippen molar-refractivity contribution in [1.82, 2.24) is 5.32 Å². The third kappa shape index (κ3) is 4.01. The van der Waals surface area contributed by atoms with Crippen LogP contribution in [0.2, 0.25) is 0 Å². The van der Waals surface area contributed by atoms with Gasteiger partial charge in [0.05, 0.1) is 4.92 Å². The fraction of sp³-hybridized carbons (Fsp3) is 0.533. The molecule has 1 aromatic rings. The van der Waals surface area contributed by atoms with E-state index < -0.39 is 4.92 Å². The zero-order valence-corrected chi connectivity index (χ0v) is 12.1. The van der Waals surface area contributed by atoms with Crippen molar-refractivity contribution in [3.8, 4) is 0 Å². The number of nitro benzene ring substituents is 1. The van der Waals surface area contributed by atoms with Gasteiger partial charge >= 0.3 is 0 Å². The SMILES string of the molecule is CC(NC1CCC(C(N)=O)CC1)c1ccc([N+](=O)[O-])cc1. The Morgan fingerprint density at radius 1 is 1.29 bits per heavy atom. The monoisotopic (exact) mass is 291 g/mol. The molecule has 0 saturated heterocycles. The maximum absolute atomic E-state index is 11.1. The predicted molar refractivity (Wildman–Crippen MR) is 79.6 cm³/mol. The van der Waals surface area contributed by atoms with Crippen LogP contribution >= 0.6 is 0 Å². The summed E-state index contributed by atoms with van der Waals surface area (Å²) >= 11 is 0. The Balaban J connectivity index is 1.88. The predicted octanol–water partition coefficient (Wildman–Crippen LogP) is 2.29. The van der Waals surface area contributed by atoms with Gasteiger partial charge in [0.15, 0.2) is 0 Å². The lowest BCUT2D eigenvalue weighted by Gasteiger charge is -2.30. The Labute approximate surface area is 123 Å². The highest BCUT2D eigenvalue weighted by Crippen LogP contribution is 2.26. The molecule has 0 radical (unpaired) electrons. The second kappa shape index (κ2) is 6.67. The van der Waals surface area contributed by atoms with Gasteiger partial charge < -0.3 is 11.1 Å². The number of carbonyl (C=O) groups excluding carboxylic acids is 1. The number of rotatable bonds is 5. The van der Waals surface area contributed by atoms with E-state index in [1.165, 1.54) is 12.1 Å². The van der Waals surface area contributed by atoms with Gasteiger partial charge in [0.1, 0.15) is 0 Å². The van der Waals surface area contributed by atoms with Gasteiger partial charge in [-0.15, -0.1) is 0 Å². The van der Waals surface area contributed by atoms with Crippen LogP contribution in [0.4, 0.5) is 5.69 Å². The van der Waals surface area contributed by atoms with E-state index in [2.05, 4.69) is 5.32 Å². The molecule has 1 saturated carbocycles. The van der Waals surface area contributed by atoms with Crippen LogP contribution in [-0.4, -0.2) is 16.9 Å². The maximum Gasteiger partial charge on any atom is 0.269 e.